The second-order valence-electron chi connectivity index (χ2n) is 8.17. The van der Waals surface area contributed by atoms with Gasteiger partial charge in [0.15, 0.2) is 9.84 Å². The van der Waals surface area contributed by atoms with Gasteiger partial charge in [-0.25, -0.2) is 13.1 Å². The molecule has 0 spiro atoms. The highest BCUT2D eigenvalue weighted by Crippen LogP contribution is 2.34. The molecule has 0 saturated heterocycles. The van der Waals surface area contributed by atoms with Gasteiger partial charge >= 0.3 is 0 Å². The Balaban J connectivity index is 1.64. The summed E-state index contributed by atoms with van der Waals surface area (Å²) in [5.74, 6) is 0.962. The number of fused-ring (bicyclic) bond motifs is 1. The molecule has 6 nitrogen and oxygen atoms in total. The minimum atomic E-state index is -3.19. The number of amides is 1. The van der Waals surface area contributed by atoms with Crippen molar-refractivity contribution in [2.75, 3.05) is 5.32 Å². The second kappa shape index (κ2) is 7.35. The van der Waals surface area contributed by atoms with Gasteiger partial charge < -0.3 is 5.32 Å². The molecule has 4 rings (SSSR count). The van der Waals surface area contributed by atoms with Crippen molar-refractivity contribution in [3.8, 4) is 5.69 Å². The summed E-state index contributed by atoms with van der Waals surface area (Å²) in [6, 6.07) is 5.93. The predicted octanol–water partition coefficient (Wildman–Crippen LogP) is 3.83. The topological polar surface area (TPSA) is 81.1 Å². The van der Waals surface area contributed by atoms with Gasteiger partial charge in [-0.3, -0.25) is 4.79 Å². The third-order valence-corrected chi connectivity index (χ3v) is 7.55. The highest BCUT2D eigenvalue weighted by Gasteiger charge is 2.33. The molecule has 28 heavy (non-hydrogen) atoms. The molecule has 7 heteroatoms. The van der Waals surface area contributed by atoms with Crippen molar-refractivity contribution >= 4 is 21.6 Å². The molecule has 1 aliphatic carbocycles. The van der Waals surface area contributed by atoms with Crippen molar-refractivity contribution in [3.63, 3.8) is 0 Å². The first-order valence-corrected chi connectivity index (χ1v) is 11.8. The lowest BCUT2D eigenvalue weighted by molar-refractivity contribution is -0.116. The molecule has 0 bridgehead atoms. The number of anilines is 1. The van der Waals surface area contributed by atoms with Gasteiger partial charge in [-0.2, -0.15) is 5.10 Å². The van der Waals surface area contributed by atoms with E-state index in [4.69, 9.17) is 0 Å². The van der Waals surface area contributed by atoms with E-state index in [1.165, 1.54) is 25.7 Å². The number of aryl methyl sites for hydroxylation is 1. The molecule has 150 valence electrons. The third kappa shape index (κ3) is 3.72. The zero-order chi connectivity index (χ0) is 19.9. The molecule has 2 heterocycles. The average molecular weight is 402 g/mol. The molecule has 1 aliphatic heterocycles. The highest BCUT2D eigenvalue weighted by atomic mass is 32.2. The quantitative estimate of drug-likeness (QED) is 0.826. The summed E-state index contributed by atoms with van der Waals surface area (Å²) >= 11 is 0. The maximum absolute atomic E-state index is 12.7. The molecule has 2 aromatic rings. The number of nitrogens with one attached hydrogen (secondary N) is 1. The SMILES string of the molecule is Cc1cccc(-n2nc3c(c2NC(=O)CCC2CCCC2)CS(=O)(=O)C3)c1C. The molecule has 0 radical (unpaired) electrons. The lowest BCUT2D eigenvalue weighted by atomic mass is 10.0. The normalized spacial score (nSPS) is 18.4. The average Bonchev–Trinajstić information content (AvgIpc) is 3.32. The number of nitrogens with zero attached hydrogens (tertiary/aromatic N) is 2. The smallest absolute Gasteiger partial charge is 0.225 e. The van der Waals surface area contributed by atoms with Crippen LogP contribution in [0.5, 0.6) is 0 Å². The van der Waals surface area contributed by atoms with E-state index >= 15 is 0 Å². The van der Waals surface area contributed by atoms with Gasteiger partial charge in [-0.1, -0.05) is 37.8 Å². The number of rotatable bonds is 5. The van der Waals surface area contributed by atoms with Crippen LogP contribution in [-0.2, 0) is 26.1 Å². The van der Waals surface area contributed by atoms with Crippen LogP contribution >= 0.6 is 0 Å². The van der Waals surface area contributed by atoms with E-state index in [1.54, 1.807) is 4.68 Å². The first-order valence-electron chi connectivity index (χ1n) is 10.0. The van der Waals surface area contributed by atoms with Crippen LogP contribution in [0.25, 0.3) is 5.69 Å². The van der Waals surface area contributed by atoms with Gasteiger partial charge in [0.2, 0.25) is 5.91 Å². The molecule has 1 amide bonds. The van der Waals surface area contributed by atoms with Crippen LogP contribution < -0.4 is 5.32 Å². The summed E-state index contributed by atoms with van der Waals surface area (Å²) in [7, 11) is -3.19. The molecule has 0 atom stereocenters. The first kappa shape index (κ1) is 19.2. The lowest BCUT2D eigenvalue weighted by Gasteiger charge is -2.15. The lowest BCUT2D eigenvalue weighted by Crippen LogP contribution is -2.18. The van der Waals surface area contributed by atoms with Gasteiger partial charge in [-0.05, 0) is 43.4 Å². The van der Waals surface area contributed by atoms with Crippen molar-refractivity contribution in [1.29, 1.82) is 0 Å². The van der Waals surface area contributed by atoms with E-state index in [0.717, 1.165) is 23.2 Å². The predicted molar refractivity (Wildman–Crippen MR) is 109 cm³/mol. The van der Waals surface area contributed by atoms with Crippen LogP contribution in [0.4, 0.5) is 5.82 Å². The Kier molecular flexibility index (Phi) is 5.04. The number of aromatic nitrogens is 2. The Hall–Kier alpha value is -2.15. The summed E-state index contributed by atoms with van der Waals surface area (Å²) in [6.45, 7) is 4.04. The number of hydrogen-bond acceptors (Lipinski definition) is 4. The van der Waals surface area contributed by atoms with Crippen LogP contribution in [0, 0.1) is 19.8 Å². The van der Waals surface area contributed by atoms with Gasteiger partial charge in [0.05, 0.1) is 22.9 Å². The monoisotopic (exact) mass is 401 g/mol. The van der Waals surface area contributed by atoms with E-state index in [9.17, 15) is 13.2 Å². The summed E-state index contributed by atoms with van der Waals surface area (Å²) in [6.07, 6.45) is 6.30. The standard InChI is InChI=1S/C21H27N3O3S/c1-14-6-5-9-19(15(14)2)24-21(17-12-28(26,27)13-18(17)23-24)22-20(25)11-10-16-7-3-4-8-16/h5-6,9,16H,3-4,7-8,10-13H2,1-2H3,(H,22,25). The van der Waals surface area contributed by atoms with Gasteiger partial charge in [-0.15, -0.1) is 0 Å². The van der Waals surface area contributed by atoms with Crippen molar-refractivity contribution in [2.45, 2.75) is 63.9 Å². The molecule has 1 saturated carbocycles. The van der Waals surface area contributed by atoms with Crippen LogP contribution in [0.3, 0.4) is 0 Å². The largest absolute Gasteiger partial charge is 0.310 e. The van der Waals surface area contributed by atoms with Gasteiger partial charge in [0, 0.05) is 12.0 Å². The Morgan fingerprint density at radius 3 is 2.71 bits per heavy atom. The Morgan fingerprint density at radius 1 is 1.21 bits per heavy atom. The van der Waals surface area contributed by atoms with Crippen LogP contribution in [0.15, 0.2) is 18.2 Å². The maximum atomic E-state index is 12.7. The Labute approximate surface area is 166 Å². The molecular weight excluding hydrogens is 374 g/mol. The summed E-state index contributed by atoms with van der Waals surface area (Å²) in [5.41, 5.74) is 4.24. The molecule has 1 aromatic carbocycles. The number of hydrogen-bond donors (Lipinski definition) is 1. The number of benzene rings is 1. The molecule has 1 fully saturated rings. The number of sulfone groups is 1. The second-order valence-corrected chi connectivity index (χ2v) is 10.2. The molecule has 0 unspecified atom stereocenters. The van der Waals surface area contributed by atoms with Gasteiger partial charge in [0.25, 0.3) is 0 Å². The van der Waals surface area contributed by atoms with Crippen molar-refractivity contribution in [2.24, 2.45) is 5.92 Å². The molecule has 1 N–H and O–H groups in total. The fraction of sp³-hybridized carbons (Fsp3) is 0.524. The summed E-state index contributed by atoms with van der Waals surface area (Å²) in [4.78, 5) is 12.7. The maximum Gasteiger partial charge on any atom is 0.225 e. The van der Waals surface area contributed by atoms with Crippen molar-refractivity contribution in [1.82, 2.24) is 9.78 Å². The van der Waals surface area contributed by atoms with Crippen molar-refractivity contribution < 1.29 is 13.2 Å². The number of carbonyl (C=O) groups is 1. The summed E-state index contributed by atoms with van der Waals surface area (Å²) < 4.78 is 25.9. The Bertz CT molecular complexity index is 1020. The highest BCUT2D eigenvalue weighted by molar-refractivity contribution is 7.90. The van der Waals surface area contributed by atoms with Crippen LogP contribution in [0.1, 0.15) is 60.9 Å². The van der Waals surface area contributed by atoms with E-state index in [-0.39, 0.29) is 17.4 Å². The van der Waals surface area contributed by atoms with E-state index in [1.807, 2.05) is 32.0 Å². The van der Waals surface area contributed by atoms with Gasteiger partial charge in [0.1, 0.15) is 5.82 Å². The minimum Gasteiger partial charge on any atom is -0.310 e. The molecule has 1 aromatic heterocycles. The van der Waals surface area contributed by atoms with E-state index in [2.05, 4.69) is 10.4 Å². The first-order chi connectivity index (χ1) is 13.3. The fourth-order valence-corrected chi connectivity index (χ4v) is 5.83. The Morgan fingerprint density at radius 2 is 1.96 bits per heavy atom. The third-order valence-electron chi connectivity index (χ3n) is 6.10. The van der Waals surface area contributed by atoms with Crippen LogP contribution in [-0.4, -0.2) is 24.1 Å². The zero-order valence-corrected chi connectivity index (χ0v) is 17.3. The summed E-state index contributed by atoms with van der Waals surface area (Å²) in [5, 5.41) is 7.57. The van der Waals surface area contributed by atoms with E-state index in [0.29, 0.717) is 29.4 Å². The molecular formula is C21H27N3O3S. The van der Waals surface area contributed by atoms with E-state index < -0.39 is 9.84 Å². The van der Waals surface area contributed by atoms with Crippen LogP contribution in [0.2, 0.25) is 0 Å². The van der Waals surface area contributed by atoms with Crippen molar-refractivity contribution in [3.05, 3.63) is 40.6 Å². The zero-order valence-electron chi connectivity index (χ0n) is 16.5. The number of carbonyl (C=O) groups excluding carboxylic acids is 1. The fourth-order valence-electron chi connectivity index (χ4n) is 4.34. The molecule has 2 aliphatic rings. The minimum absolute atomic E-state index is 0.0641.